The Bertz CT molecular complexity index is 1250. The number of benzene rings is 2. The molecule has 1 aliphatic heterocycles. The van der Waals surface area contributed by atoms with Gasteiger partial charge in [-0.25, -0.2) is 9.97 Å². The molecular weight excluding hydrogens is 390 g/mol. The fourth-order valence-electron chi connectivity index (χ4n) is 3.63. The van der Waals surface area contributed by atoms with Gasteiger partial charge in [-0.15, -0.1) is 0 Å². The van der Waals surface area contributed by atoms with E-state index in [1.165, 1.54) is 6.33 Å². The highest BCUT2D eigenvalue weighted by atomic mass is 16.5. The lowest BCUT2D eigenvalue weighted by Crippen LogP contribution is -2.28. The van der Waals surface area contributed by atoms with Gasteiger partial charge in [0.2, 0.25) is 0 Å². The zero-order valence-electron chi connectivity index (χ0n) is 17.6. The third-order valence-corrected chi connectivity index (χ3v) is 4.95. The van der Waals surface area contributed by atoms with E-state index in [4.69, 9.17) is 9.73 Å². The van der Waals surface area contributed by atoms with Crippen LogP contribution in [0.2, 0.25) is 0 Å². The lowest BCUT2D eigenvalue weighted by molar-refractivity contribution is 0.143. The number of fused-ring (bicyclic) bond motifs is 1. The summed E-state index contributed by atoms with van der Waals surface area (Å²) in [6.45, 7) is 5.54. The minimum Gasteiger partial charge on any atom is -0.504 e. The van der Waals surface area contributed by atoms with Crippen molar-refractivity contribution in [1.29, 1.82) is 0 Å². The molecule has 1 aliphatic rings. The molecule has 1 atom stereocenters. The minimum absolute atomic E-state index is 0.00342. The summed E-state index contributed by atoms with van der Waals surface area (Å²) in [6, 6.07) is 13.0. The molecule has 0 saturated heterocycles. The van der Waals surface area contributed by atoms with Gasteiger partial charge >= 0.3 is 0 Å². The van der Waals surface area contributed by atoms with Crippen molar-refractivity contribution in [2.75, 3.05) is 6.61 Å². The number of allylic oxidation sites excluding steroid dienone is 1. The molecule has 3 aromatic rings. The second kappa shape index (κ2) is 7.86. The largest absolute Gasteiger partial charge is 0.504 e. The summed E-state index contributed by atoms with van der Waals surface area (Å²) in [5.74, 6) is 6.36. The Kier molecular flexibility index (Phi) is 5.22. The number of hydrogen-bond acceptors (Lipinski definition) is 6. The normalized spacial score (nSPS) is 17.9. The molecule has 4 rings (SSSR count). The molecule has 1 unspecified atom stereocenters. The highest BCUT2D eigenvalue weighted by Gasteiger charge is 2.42. The Balaban J connectivity index is 2.01. The van der Waals surface area contributed by atoms with E-state index < -0.39 is 11.1 Å². The fraction of sp³-hybridized carbons (Fsp3) is 0.240. The van der Waals surface area contributed by atoms with Gasteiger partial charge in [0.05, 0.1) is 17.8 Å². The highest BCUT2D eigenvalue weighted by Crippen LogP contribution is 2.45. The maximum absolute atomic E-state index is 10.5. The molecule has 0 fully saturated rings. The van der Waals surface area contributed by atoms with Gasteiger partial charge in [-0.05, 0) is 38.5 Å². The van der Waals surface area contributed by atoms with Crippen molar-refractivity contribution in [3.05, 3.63) is 71.7 Å². The maximum atomic E-state index is 10.5. The van der Waals surface area contributed by atoms with Crippen molar-refractivity contribution in [3.8, 4) is 23.3 Å². The van der Waals surface area contributed by atoms with E-state index in [-0.39, 0.29) is 5.75 Å². The van der Waals surface area contributed by atoms with Crippen LogP contribution in [0.15, 0.2) is 65.4 Å². The number of phenols is 1. The molecule has 0 radical (unpaired) electrons. The van der Waals surface area contributed by atoms with Gasteiger partial charge < -0.3 is 14.9 Å². The first-order valence-corrected chi connectivity index (χ1v) is 10.0. The van der Waals surface area contributed by atoms with Crippen molar-refractivity contribution in [1.82, 2.24) is 9.97 Å². The number of rotatable bonds is 4. The average Bonchev–Trinajstić information content (AvgIpc) is 3.17. The average molecular weight is 413 g/mol. The third kappa shape index (κ3) is 3.76. The van der Waals surface area contributed by atoms with Crippen molar-refractivity contribution in [2.24, 2.45) is 4.99 Å². The van der Waals surface area contributed by atoms with Gasteiger partial charge in [-0.2, -0.15) is 0 Å². The van der Waals surface area contributed by atoms with Crippen LogP contribution >= 0.6 is 0 Å². The van der Waals surface area contributed by atoms with Gasteiger partial charge in [0.1, 0.15) is 11.9 Å². The maximum Gasteiger partial charge on any atom is 0.163 e. The number of phenolic OH excluding ortho intramolecular Hbond substituents is 1. The molecule has 2 N–H and O–H groups in total. The van der Waals surface area contributed by atoms with Gasteiger partial charge in [0, 0.05) is 23.2 Å². The van der Waals surface area contributed by atoms with E-state index in [1.54, 1.807) is 32.2 Å². The summed E-state index contributed by atoms with van der Waals surface area (Å²) >= 11 is 0. The Labute approximate surface area is 181 Å². The van der Waals surface area contributed by atoms with Crippen LogP contribution in [0, 0.1) is 11.8 Å². The SMILES string of the molecule is CCOc1cc2ncnc(C3(c4ccccc4)N=CC=C3C#CC(C)(C)O)c2cc1O. The second-order valence-corrected chi connectivity index (χ2v) is 7.74. The molecule has 156 valence electrons. The Morgan fingerprint density at radius 1 is 1.13 bits per heavy atom. The molecule has 0 amide bonds. The summed E-state index contributed by atoms with van der Waals surface area (Å²) in [4.78, 5) is 13.8. The summed E-state index contributed by atoms with van der Waals surface area (Å²) < 4.78 is 5.52. The summed E-state index contributed by atoms with van der Waals surface area (Å²) in [5, 5.41) is 21.3. The second-order valence-electron chi connectivity index (χ2n) is 7.74. The molecule has 2 aromatic carbocycles. The van der Waals surface area contributed by atoms with Crippen LogP contribution in [0.4, 0.5) is 0 Å². The number of aromatic hydroxyl groups is 1. The zero-order valence-corrected chi connectivity index (χ0v) is 17.6. The minimum atomic E-state index is -1.16. The molecule has 6 nitrogen and oxygen atoms in total. The molecule has 1 aromatic heterocycles. The van der Waals surface area contributed by atoms with Crippen molar-refractivity contribution < 1.29 is 14.9 Å². The highest BCUT2D eigenvalue weighted by molar-refractivity contribution is 5.90. The standard InChI is InChI=1S/C25H23N3O3/c1-4-31-22-15-20-19(14-21(22)29)23(27-16-26-20)25(17-8-6-5-7-9-17)18(11-13-28-25)10-12-24(2,3)30/h5-9,11,13-16,29-30H,4H2,1-3H3. The first-order chi connectivity index (χ1) is 14.8. The molecule has 0 spiro atoms. The van der Waals surface area contributed by atoms with Crippen LogP contribution in [-0.4, -0.2) is 38.6 Å². The zero-order chi connectivity index (χ0) is 22.1. The van der Waals surface area contributed by atoms with Crippen LogP contribution in [0.3, 0.4) is 0 Å². The number of aromatic nitrogens is 2. The van der Waals surface area contributed by atoms with Gasteiger partial charge in [0.25, 0.3) is 0 Å². The lowest BCUT2D eigenvalue weighted by atomic mass is 9.79. The molecule has 6 heteroatoms. The number of ether oxygens (including phenoxy) is 1. The number of hydrogen-bond donors (Lipinski definition) is 2. The molecule has 31 heavy (non-hydrogen) atoms. The monoisotopic (exact) mass is 413 g/mol. The van der Waals surface area contributed by atoms with E-state index in [1.807, 2.05) is 43.3 Å². The summed E-state index contributed by atoms with van der Waals surface area (Å²) in [6.07, 6.45) is 5.00. The fourth-order valence-corrected chi connectivity index (χ4v) is 3.63. The van der Waals surface area contributed by atoms with Crippen LogP contribution in [-0.2, 0) is 5.54 Å². The Morgan fingerprint density at radius 3 is 2.61 bits per heavy atom. The van der Waals surface area contributed by atoms with Crippen molar-refractivity contribution in [3.63, 3.8) is 0 Å². The predicted molar refractivity (Wildman–Crippen MR) is 120 cm³/mol. The van der Waals surface area contributed by atoms with E-state index in [0.29, 0.717) is 34.5 Å². The number of aliphatic hydroxyl groups is 1. The van der Waals surface area contributed by atoms with Crippen LogP contribution in [0.5, 0.6) is 11.5 Å². The van der Waals surface area contributed by atoms with Gasteiger partial charge in [0.15, 0.2) is 17.0 Å². The van der Waals surface area contributed by atoms with Crippen molar-refractivity contribution >= 4 is 17.1 Å². The summed E-state index contributed by atoms with van der Waals surface area (Å²) in [5.41, 5.74) is 0.568. The van der Waals surface area contributed by atoms with Gasteiger partial charge in [-0.3, -0.25) is 4.99 Å². The smallest absolute Gasteiger partial charge is 0.163 e. The van der Waals surface area contributed by atoms with E-state index >= 15 is 0 Å². The predicted octanol–water partition coefficient (Wildman–Crippen LogP) is 3.76. The molecular formula is C25H23N3O3. The van der Waals surface area contributed by atoms with E-state index in [0.717, 1.165) is 5.56 Å². The topological polar surface area (TPSA) is 87.8 Å². The van der Waals surface area contributed by atoms with Crippen LogP contribution in [0.25, 0.3) is 10.9 Å². The number of aliphatic imine (C=N–C) groups is 1. The molecule has 0 saturated carbocycles. The first kappa shape index (κ1) is 20.6. The molecule has 2 heterocycles. The molecule has 0 bridgehead atoms. The number of nitrogens with zero attached hydrogens (tertiary/aromatic N) is 3. The summed E-state index contributed by atoms with van der Waals surface area (Å²) in [7, 11) is 0. The third-order valence-electron chi connectivity index (χ3n) is 4.95. The van der Waals surface area contributed by atoms with E-state index in [9.17, 15) is 10.2 Å². The quantitative estimate of drug-likeness (QED) is 0.636. The van der Waals surface area contributed by atoms with Crippen molar-refractivity contribution in [2.45, 2.75) is 31.9 Å². The van der Waals surface area contributed by atoms with E-state index in [2.05, 4.69) is 21.8 Å². The molecule has 0 aliphatic carbocycles. The van der Waals surface area contributed by atoms with Crippen LogP contribution in [0.1, 0.15) is 32.0 Å². The van der Waals surface area contributed by atoms with Crippen LogP contribution < -0.4 is 4.74 Å². The Morgan fingerprint density at radius 2 is 1.90 bits per heavy atom. The lowest BCUT2D eigenvalue weighted by Gasteiger charge is -2.29. The Hall–Kier alpha value is -3.69. The first-order valence-electron chi connectivity index (χ1n) is 10.0. The van der Waals surface area contributed by atoms with Gasteiger partial charge in [-0.1, -0.05) is 42.2 Å².